The number of aromatic hydroxyl groups is 1. The summed E-state index contributed by atoms with van der Waals surface area (Å²) >= 11 is 0. The normalized spacial score (nSPS) is 15.6. The molecule has 0 aliphatic carbocycles. The maximum Gasteiger partial charge on any atom is 0.416 e. The number of alkyl halides is 3. The van der Waals surface area contributed by atoms with Crippen molar-refractivity contribution in [3.8, 4) is 5.88 Å². The molecular formula is C19H18F3N3O3S. The van der Waals surface area contributed by atoms with Gasteiger partial charge in [0.2, 0.25) is 15.9 Å². The lowest BCUT2D eigenvalue weighted by Crippen LogP contribution is -2.38. The molecule has 0 spiro atoms. The van der Waals surface area contributed by atoms with Gasteiger partial charge in [-0.3, -0.25) is 4.98 Å². The molecule has 2 aromatic heterocycles. The standard InChI is InChI=1S/C19H18F3N3O3S/c1-11-9-13(19(20,21)22)4-6-16(11)29(27,28)24-7-8-25-15(10-24)17-14(18(25)26)5-3-12(2)23-17/h3-6,9,26H,7-8,10H2,1-2H3. The van der Waals surface area contributed by atoms with E-state index in [0.29, 0.717) is 16.6 Å². The topological polar surface area (TPSA) is 75.4 Å². The monoisotopic (exact) mass is 425 g/mol. The van der Waals surface area contributed by atoms with Gasteiger partial charge in [0, 0.05) is 18.8 Å². The molecule has 3 heterocycles. The Morgan fingerprint density at radius 3 is 2.48 bits per heavy atom. The largest absolute Gasteiger partial charge is 0.494 e. The third kappa shape index (κ3) is 3.16. The third-order valence-corrected chi connectivity index (χ3v) is 7.15. The SMILES string of the molecule is Cc1ccc2c(O)n3c(c2n1)CN(S(=O)(=O)c1ccc(C(F)(F)F)cc1C)CC3. The van der Waals surface area contributed by atoms with Crippen molar-refractivity contribution in [3.05, 3.63) is 52.8 Å². The first kappa shape index (κ1) is 19.7. The van der Waals surface area contributed by atoms with Gasteiger partial charge in [0.25, 0.3) is 0 Å². The number of nitrogens with zero attached hydrogens (tertiary/aromatic N) is 3. The van der Waals surface area contributed by atoms with Crippen molar-refractivity contribution in [2.45, 2.75) is 38.0 Å². The lowest BCUT2D eigenvalue weighted by Gasteiger charge is -2.28. The van der Waals surface area contributed by atoms with Gasteiger partial charge in [-0.25, -0.2) is 8.42 Å². The average molecular weight is 425 g/mol. The van der Waals surface area contributed by atoms with E-state index in [1.54, 1.807) is 23.6 Å². The smallest absolute Gasteiger partial charge is 0.416 e. The van der Waals surface area contributed by atoms with Crippen molar-refractivity contribution in [3.63, 3.8) is 0 Å². The Morgan fingerprint density at radius 2 is 1.83 bits per heavy atom. The number of hydrogen-bond acceptors (Lipinski definition) is 4. The predicted molar refractivity (Wildman–Crippen MR) is 99.9 cm³/mol. The molecule has 1 N–H and O–H groups in total. The Morgan fingerprint density at radius 1 is 1.10 bits per heavy atom. The van der Waals surface area contributed by atoms with E-state index in [1.165, 1.54) is 11.2 Å². The number of aryl methyl sites for hydroxylation is 2. The minimum atomic E-state index is -4.54. The van der Waals surface area contributed by atoms with Crippen LogP contribution in [0.4, 0.5) is 13.2 Å². The van der Waals surface area contributed by atoms with E-state index in [9.17, 15) is 26.7 Å². The summed E-state index contributed by atoms with van der Waals surface area (Å²) in [6, 6.07) is 6.11. The number of hydrogen-bond donors (Lipinski definition) is 1. The maximum absolute atomic E-state index is 13.1. The molecule has 0 fully saturated rings. The van der Waals surface area contributed by atoms with Crippen LogP contribution in [-0.2, 0) is 29.3 Å². The van der Waals surface area contributed by atoms with E-state index in [4.69, 9.17) is 0 Å². The van der Waals surface area contributed by atoms with Gasteiger partial charge in [0.1, 0.15) is 0 Å². The quantitative estimate of drug-likeness (QED) is 0.681. The summed E-state index contributed by atoms with van der Waals surface area (Å²) in [6.45, 7) is 3.42. The predicted octanol–water partition coefficient (Wildman–Crippen LogP) is 3.58. The number of benzene rings is 1. The summed E-state index contributed by atoms with van der Waals surface area (Å²) in [5.74, 6) is 0.0326. The molecular weight excluding hydrogens is 407 g/mol. The molecule has 0 atom stereocenters. The molecule has 3 aromatic rings. The van der Waals surface area contributed by atoms with Gasteiger partial charge in [0.15, 0.2) is 0 Å². The highest BCUT2D eigenvalue weighted by Gasteiger charge is 2.35. The van der Waals surface area contributed by atoms with E-state index >= 15 is 0 Å². The van der Waals surface area contributed by atoms with Crippen LogP contribution in [-0.4, -0.2) is 33.9 Å². The molecule has 0 unspecified atom stereocenters. The van der Waals surface area contributed by atoms with E-state index < -0.39 is 21.8 Å². The number of rotatable bonds is 2. The first-order valence-electron chi connectivity index (χ1n) is 8.86. The number of sulfonamides is 1. The maximum atomic E-state index is 13.1. The van der Waals surface area contributed by atoms with Crippen LogP contribution >= 0.6 is 0 Å². The van der Waals surface area contributed by atoms with Crippen molar-refractivity contribution in [2.75, 3.05) is 6.54 Å². The fourth-order valence-electron chi connectivity index (χ4n) is 3.68. The lowest BCUT2D eigenvalue weighted by molar-refractivity contribution is -0.137. The van der Waals surface area contributed by atoms with E-state index in [2.05, 4.69) is 4.98 Å². The van der Waals surface area contributed by atoms with Crippen LogP contribution in [0.3, 0.4) is 0 Å². The number of fused-ring (bicyclic) bond motifs is 3. The molecule has 154 valence electrons. The summed E-state index contributed by atoms with van der Waals surface area (Å²) in [5.41, 5.74) is 0.941. The Bertz CT molecular complexity index is 1230. The summed E-state index contributed by atoms with van der Waals surface area (Å²) < 4.78 is 67.8. The zero-order valence-corrected chi connectivity index (χ0v) is 16.5. The fourth-order valence-corrected chi connectivity index (χ4v) is 5.27. The third-order valence-electron chi connectivity index (χ3n) is 5.15. The van der Waals surface area contributed by atoms with Gasteiger partial charge >= 0.3 is 6.18 Å². The Hall–Kier alpha value is -2.59. The van der Waals surface area contributed by atoms with E-state index in [-0.39, 0.29) is 36.0 Å². The number of aromatic nitrogens is 2. The van der Waals surface area contributed by atoms with Crippen molar-refractivity contribution in [2.24, 2.45) is 0 Å². The molecule has 0 bridgehead atoms. The second-order valence-corrected chi connectivity index (χ2v) is 8.99. The Kier molecular flexibility index (Phi) is 4.39. The molecule has 0 saturated heterocycles. The molecule has 1 aliphatic rings. The van der Waals surface area contributed by atoms with Crippen molar-refractivity contribution in [1.82, 2.24) is 13.9 Å². The summed E-state index contributed by atoms with van der Waals surface area (Å²) in [7, 11) is -4.02. The van der Waals surface area contributed by atoms with Gasteiger partial charge in [0.05, 0.1) is 33.6 Å². The van der Waals surface area contributed by atoms with Crippen LogP contribution in [0.1, 0.15) is 22.5 Å². The van der Waals surface area contributed by atoms with Gasteiger partial charge in [-0.1, -0.05) is 0 Å². The minimum Gasteiger partial charge on any atom is -0.494 e. The molecule has 10 heteroatoms. The minimum absolute atomic E-state index is 0.0301. The molecule has 0 amide bonds. The van der Waals surface area contributed by atoms with Crippen LogP contribution in [0.15, 0.2) is 35.2 Å². The zero-order valence-electron chi connectivity index (χ0n) is 15.7. The highest BCUT2D eigenvalue weighted by molar-refractivity contribution is 7.89. The lowest BCUT2D eigenvalue weighted by atomic mass is 10.1. The number of halogens is 3. The Labute approximate surface area is 165 Å². The number of pyridine rings is 1. The molecule has 1 aromatic carbocycles. The van der Waals surface area contributed by atoms with Crippen LogP contribution in [0.25, 0.3) is 10.9 Å². The Balaban J connectivity index is 1.75. The highest BCUT2D eigenvalue weighted by Crippen LogP contribution is 2.36. The zero-order chi connectivity index (χ0) is 21.1. The molecule has 29 heavy (non-hydrogen) atoms. The van der Waals surface area contributed by atoms with Crippen LogP contribution in [0.5, 0.6) is 5.88 Å². The summed E-state index contributed by atoms with van der Waals surface area (Å²) in [4.78, 5) is 4.26. The van der Waals surface area contributed by atoms with Gasteiger partial charge < -0.3 is 9.67 Å². The van der Waals surface area contributed by atoms with E-state index in [1.807, 2.05) is 0 Å². The van der Waals surface area contributed by atoms with Crippen LogP contribution in [0, 0.1) is 13.8 Å². The van der Waals surface area contributed by atoms with E-state index in [0.717, 1.165) is 23.9 Å². The van der Waals surface area contributed by atoms with Crippen molar-refractivity contribution < 1.29 is 26.7 Å². The molecule has 0 radical (unpaired) electrons. The highest BCUT2D eigenvalue weighted by atomic mass is 32.2. The summed E-state index contributed by atoms with van der Waals surface area (Å²) in [6.07, 6.45) is -4.54. The second-order valence-electron chi connectivity index (χ2n) is 7.09. The second kappa shape index (κ2) is 6.46. The first-order valence-corrected chi connectivity index (χ1v) is 10.3. The molecule has 4 rings (SSSR count). The van der Waals surface area contributed by atoms with Crippen LogP contribution in [0.2, 0.25) is 0 Å². The van der Waals surface area contributed by atoms with Gasteiger partial charge in [-0.2, -0.15) is 17.5 Å². The molecule has 6 nitrogen and oxygen atoms in total. The van der Waals surface area contributed by atoms with Gasteiger partial charge in [-0.15, -0.1) is 0 Å². The summed E-state index contributed by atoms with van der Waals surface area (Å²) in [5, 5.41) is 11.0. The van der Waals surface area contributed by atoms with Crippen molar-refractivity contribution in [1.29, 1.82) is 0 Å². The van der Waals surface area contributed by atoms with Gasteiger partial charge in [-0.05, 0) is 49.7 Å². The molecule has 0 saturated carbocycles. The van der Waals surface area contributed by atoms with Crippen molar-refractivity contribution >= 4 is 20.9 Å². The fraction of sp³-hybridized carbons (Fsp3) is 0.316. The average Bonchev–Trinajstić information content (AvgIpc) is 2.92. The van der Waals surface area contributed by atoms with Crippen LogP contribution < -0.4 is 0 Å². The molecule has 1 aliphatic heterocycles. The first-order chi connectivity index (χ1) is 13.5.